The van der Waals surface area contributed by atoms with Gasteiger partial charge in [0, 0.05) is 32.7 Å². The lowest BCUT2D eigenvalue weighted by Gasteiger charge is -2.30. The lowest BCUT2D eigenvalue weighted by molar-refractivity contribution is 0.0911. The van der Waals surface area contributed by atoms with Crippen LogP contribution in [-0.2, 0) is 6.42 Å². The van der Waals surface area contributed by atoms with Crippen LogP contribution in [0.15, 0.2) is 64.0 Å². The molecule has 0 spiro atoms. The second-order valence-corrected chi connectivity index (χ2v) is 9.12. The van der Waals surface area contributed by atoms with Crippen LogP contribution in [0.3, 0.4) is 0 Å². The Morgan fingerprint density at radius 2 is 1.65 bits per heavy atom. The van der Waals surface area contributed by atoms with E-state index in [4.69, 9.17) is 0 Å². The van der Waals surface area contributed by atoms with E-state index in [2.05, 4.69) is 77.3 Å². The summed E-state index contributed by atoms with van der Waals surface area (Å²) in [5, 5.41) is 0. The summed E-state index contributed by atoms with van der Waals surface area (Å²) in [5.74, 6) is 0.235. The maximum absolute atomic E-state index is 12.8. The molecule has 2 aromatic carbocycles. The molecule has 132 valence electrons. The molecule has 0 unspecified atom stereocenters. The molecule has 0 saturated heterocycles. The summed E-state index contributed by atoms with van der Waals surface area (Å²) in [7, 11) is 0. The van der Waals surface area contributed by atoms with Crippen molar-refractivity contribution in [1.82, 2.24) is 4.57 Å². The van der Waals surface area contributed by atoms with Gasteiger partial charge in [-0.3, -0.25) is 4.79 Å². The van der Waals surface area contributed by atoms with E-state index in [0.29, 0.717) is 6.42 Å². The molecule has 1 heterocycles. The molecule has 1 aliphatic carbocycles. The molecule has 0 N–H and O–H groups in total. The predicted octanol–water partition coefficient (Wildman–Crippen LogP) is 6.35. The summed E-state index contributed by atoms with van der Waals surface area (Å²) in [4.78, 5) is 13.7. The van der Waals surface area contributed by atoms with Gasteiger partial charge in [0.2, 0.25) is 0 Å². The summed E-state index contributed by atoms with van der Waals surface area (Å²) >= 11 is 7.91. The molecular weight excluding hydrogens is 406 g/mol. The number of thiol groups is 1. The van der Waals surface area contributed by atoms with E-state index in [0.717, 1.165) is 44.0 Å². The number of Topliss-reactive ketones (excluding diaryl/α,β-unsaturated/α-hetero) is 1. The Labute approximate surface area is 167 Å². The van der Waals surface area contributed by atoms with Gasteiger partial charge in [0.25, 0.3) is 0 Å². The van der Waals surface area contributed by atoms with Crippen LogP contribution in [0, 0.1) is 5.41 Å². The van der Waals surface area contributed by atoms with Crippen molar-refractivity contribution in [3.8, 4) is 16.9 Å². The van der Waals surface area contributed by atoms with Crippen LogP contribution in [0.4, 0.5) is 0 Å². The third kappa shape index (κ3) is 3.17. The highest BCUT2D eigenvalue weighted by molar-refractivity contribution is 9.10. The summed E-state index contributed by atoms with van der Waals surface area (Å²) in [6.45, 7) is 4.34. The zero-order valence-electron chi connectivity index (χ0n) is 14.8. The number of fused-ring (bicyclic) bond motifs is 1. The first-order chi connectivity index (χ1) is 12.3. The zero-order valence-corrected chi connectivity index (χ0v) is 17.3. The lowest BCUT2D eigenvalue weighted by atomic mass is 9.76. The number of rotatable bonds is 2. The first-order valence-electron chi connectivity index (χ1n) is 8.67. The maximum Gasteiger partial charge on any atom is 0.165 e. The molecular formula is C22H20BrNOS. The number of hydrogen-bond acceptors (Lipinski definition) is 2. The fourth-order valence-electron chi connectivity index (χ4n) is 3.74. The van der Waals surface area contributed by atoms with Crippen LogP contribution in [0.2, 0.25) is 0 Å². The van der Waals surface area contributed by atoms with E-state index in [1.807, 2.05) is 24.3 Å². The average molecular weight is 426 g/mol. The van der Waals surface area contributed by atoms with E-state index >= 15 is 0 Å². The van der Waals surface area contributed by atoms with Crippen molar-refractivity contribution in [2.45, 2.75) is 31.6 Å². The summed E-state index contributed by atoms with van der Waals surface area (Å²) in [5.41, 5.74) is 5.16. The van der Waals surface area contributed by atoms with Crippen molar-refractivity contribution in [3.05, 3.63) is 70.3 Å². The molecule has 1 aliphatic rings. The Bertz CT molecular complexity index is 984. The minimum Gasteiger partial charge on any atom is -0.313 e. The van der Waals surface area contributed by atoms with Gasteiger partial charge >= 0.3 is 0 Å². The Kier molecular flexibility index (Phi) is 4.36. The normalized spacial score (nSPS) is 15.8. The first kappa shape index (κ1) is 17.6. The van der Waals surface area contributed by atoms with Gasteiger partial charge in [-0.1, -0.05) is 41.9 Å². The molecule has 0 aliphatic heterocycles. The highest BCUT2D eigenvalue weighted by atomic mass is 79.9. The van der Waals surface area contributed by atoms with Crippen LogP contribution in [0.5, 0.6) is 0 Å². The fourth-order valence-corrected chi connectivity index (χ4v) is 4.15. The van der Waals surface area contributed by atoms with Gasteiger partial charge in [-0.2, -0.15) is 0 Å². The van der Waals surface area contributed by atoms with Crippen LogP contribution in [0.1, 0.15) is 36.3 Å². The molecule has 2 nitrogen and oxygen atoms in total. The molecule has 0 bridgehead atoms. The first-order valence-corrected chi connectivity index (χ1v) is 9.91. The van der Waals surface area contributed by atoms with Crippen LogP contribution >= 0.6 is 28.6 Å². The largest absolute Gasteiger partial charge is 0.313 e. The van der Waals surface area contributed by atoms with Crippen molar-refractivity contribution in [1.29, 1.82) is 0 Å². The van der Waals surface area contributed by atoms with Crippen LogP contribution in [0.25, 0.3) is 16.9 Å². The second-order valence-electron chi connectivity index (χ2n) is 7.69. The molecule has 4 heteroatoms. The molecule has 0 atom stereocenters. The SMILES string of the molecule is CC1(C)CC(=O)c2cc(-c3ccc(Br)cc3)n(-c3ccc(S)cc3)c2C1. The van der Waals surface area contributed by atoms with E-state index in [-0.39, 0.29) is 11.2 Å². The van der Waals surface area contributed by atoms with Gasteiger partial charge in [-0.15, -0.1) is 12.6 Å². The topological polar surface area (TPSA) is 22.0 Å². The Morgan fingerprint density at radius 3 is 2.31 bits per heavy atom. The number of aromatic nitrogens is 1. The standard InChI is InChI=1S/C22H20BrNOS/c1-22(2)12-20-18(21(25)13-22)11-19(14-3-5-15(23)6-4-14)24(20)16-7-9-17(26)10-8-16/h3-11,26H,12-13H2,1-2H3. The number of carbonyl (C=O) groups excluding carboxylic acids is 1. The van der Waals surface area contributed by atoms with Crippen molar-refractivity contribution >= 4 is 34.3 Å². The van der Waals surface area contributed by atoms with Crippen molar-refractivity contribution < 1.29 is 4.79 Å². The van der Waals surface area contributed by atoms with Crippen LogP contribution in [-0.4, -0.2) is 10.4 Å². The number of carbonyl (C=O) groups is 1. The minimum atomic E-state index is -0.0271. The molecule has 26 heavy (non-hydrogen) atoms. The summed E-state index contributed by atoms with van der Waals surface area (Å²) < 4.78 is 3.28. The van der Waals surface area contributed by atoms with Gasteiger partial charge < -0.3 is 4.57 Å². The molecule has 3 aromatic rings. The zero-order chi connectivity index (χ0) is 18.5. The molecule has 0 amide bonds. The van der Waals surface area contributed by atoms with Gasteiger partial charge in [0.15, 0.2) is 5.78 Å². The Hall–Kier alpha value is -1.78. The third-order valence-corrected chi connectivity index (χ3v) is 5.76. The van der Waals surface area contributed by atoms with Gasteiger partial charge in [-0.05, 0) is 59.9 Å². The number of nitrogens with zero attached hydrogens (tertiary/aromatic N) is 1. The number of ketones is 1. The fraction of sp³-hybridized carbons (Fsp3) is 0.227. The molecule has 4 rings (SSSR count). The number of hydrogen-bond donors (Lipinski definition) is 1. The van der Waals surface area contributed by atoms with Gasteiger partial charge in [-0.25, -0.2) is 0 Å². The smallest absolute Gasteiger partial charge is 0.165 e. The van der Waals surface area contributed by atoms with E-state index < -0.39 is 0 Å². The lowest BCUT2D eigenvalue weighted by Crippen LogP contribution is -2.27. The van der Waals surface area contributed by atoms with E-state index in [9.17, 15) is 4.79 Å². The average Bonchev–Trinajstić information content (AvgIpc) is 2.94. The quantitative estimate of drug-likeness (QED) is 0.474. The second kappa shape index (κ2) is 6.43. The predicted molar refractivity (Wildman–Crippen MR) is 113 cm³/mol. The number of halogens is 1. The van der Waals surface area contributed by atoms with Gasteiger partial charge in [0.05, 0.1) is 5.69 Å². The Balaban J connectivity index is 1.98. The number of benzene rings is 2. The molecule has 1 aromatic heterocycles. The molecule has 0 radical (unpaired) electrons. The highest BCUT2D eigenvalue weighted by Gasteiger charge is 2.34. The molecule has 0 fully saturated rings. The van der Waals surface area contributed by atoms with Crippen molar-refractivity contribution in [2.75, 3.05) is 0 Å². The molecule has 0 saturated carbocycles. The summed E-state index contributed by atoms with van der Waals surface area (Å²) in [6, 6.07) is 18.4. The van der Waals surface area contributed by atoms with Crippen molar-refractivity contribution in [2.24, 2.45) is 5.41 Å². The van der Waals surface area contributed by atoms with Crippen LogP contribution < -0.4 is 0 Å². The highest BCUT2D eigenvalue weighted by Crippen LogP contribution is 2.40. The third-order valence-electron chi connectivity index (χ3n) is 4.94. The monoisotopic (exact) mass is 425 g/mol. The Morgan fingerprint density at radius 1 is 1.00 bits per heavy atom. The summed E-state index contributed by atoms with van der Waals surface area (Å²) in [6.07, 6.45) is 1.48. The van der Waals surface area contributed by atoms with E-state index in [1.165, 1.54) is 0 Å². The van der Waals surface area contributed by atoms with E-state index in [1.54, 1.807) is 0 Å². The van der Waals surface area contributed by atoms with Crippen molar-refractivity contribution in [3.63, 3.8) is 0 Å². The minimum absolute atomic E-state index is 0.0271. The maximum atomic E-state index is 12.8. The van der Waals surface area contributed by atoms with Gasteiger partial charge in [0.1, 0.15) is 0 Å².